The molecule has 170 valence electrons. The Kier molecular flexibility index (Phi) is 6.08. The largest absolute Gasteiger partial charge is 0.572 e. The number of carbonyl (C=O) groups is 1. The molecule has 2 N–H and O–H groups in total. The average Bonchev–Trinajstić information content (AvgIpc) is 2.73. The monoisotopic (exact) mass is 436 g/mol. The second-order valence-corrected chi connectivity index (χ2v) is 9.47. The summed E-state index contributed by atoms with van der Waals surface area (Å²) < 4.78 is 42.8. The lowest BCUT2D eigenvalue weighted by molar-refractivity contribution is -0.307. The number of allylic oxidation sites excluding steroid dienone is 6. The third-order valence-electron chi connectivity index (χ3n) is 7.49. The van der Waals surface area contributed by atoms with Crippen LogP contribution in [0.25, 0.3) is 0 Å². The van der Waals surface area contributed by atoms with Crippen molar-refractivity contribution < 1.29 is 22.7 Å². The number of hydrogen-bond acceptors (Lipinski definition) is 3. The fourth-order valence-corrected chi connectivity index (χ4v) is 6.20. The van der Waals surface area contributed by atoms with Crippen LogP contribution in [0, 0.1) is 10.8 Å². The smallest absolute Gasteiger partial charge is 0.410 e. The molecular formula is C24H31F3N2O2. The Bertz CT molecular complexity index is 814. The highest BCUT2D eigenvalue weighted by Gasteiger charge is 2.51. The van der Waals surface area contributed by atoms with Gasteiger partial charge in [0.1, 0.15) is 5.76 Å². The van der Waals surface area contributed by atoms with E-state index in [1.807, 2.05) is 12.2 Å². The number of rotatable bonds is 5. The third kappa shape index (κ3) is 4.61. The SMILES string of the molecule is NC(=O)C1(CC2(C3CCCC4CCCCN43)C=CC=CC2)C=CC=C(OC(F)(F)F)C1. The second-order valence-electron chi connectivity index (χ2n) is 9.47. The van der Waals surface area contributed by atoms with Gasteiger partial charge in [-0.05, 0) is 51.1 Å². The molecule has 1 amide bonds. The minimum absolute atomic E-state index is 0.173. The predicted molar refractivity (Wildman–Crippen MR) is 113 cm³/mol. The van der Waals surface area contributed by atoms with Crippen LogP contribution in [0.4, 0.5) is 13.2 Å². The Labute approximate surface area is 181 Å². The molecule has 7 heteroatoms. The number of piperidine rings is 2. The fraction of sp³-hybridized carbons (Fsp3) is 0.625. The normalized spacial score (nSPS) is 36.0. The van der Waals surface area contributed by atoms with Crippen molar-refractivity contribution in [3.8, 4) is 0 Å². The summed E-state index contributed by atoms with van der Waals surface area (Å²) in [6, 6.07) is 0.800. The molecule has 0 bridgehead atoms. The first-order valence-electron chi connectivity index (χ1n) is 11.3. The lowest BCUT2D eigenvalue weighted by atomic mass is 9.60. The predicted octanol–water partition coefficient (Wildman–Crippen LogP) is 5.14. The maximum Gasteiger partial charge on any atom is 0.572 e. The summed E-state index contributed by atoms with van der Waals surface area (Å²) in [6.07, 6.45) is 15.8. The summed E-state index contributed by atoms with van der Waals surface area (Å²) in [5, 5.41) is 0. The maximum atomic E-state index is 12.9. The van der Waals surface area contributed by atoms with Gasteiger partial charge in [-0.2, -0.15) is 0 Å². The van der Waals surface area contributed by atoms with Gasteiger partial charge in [0, 0.05) is 23.9 Å². The van der Waals surface area contributed by atoms with E-state index < -0.39 is 17.7 Å². The van der Waals surface area contributed by atoms with Crippen LogP contribution >= 0.6 is 0 Å². The second kappa shape index (κ2) is 8.49. The van der Waals surface area contributed by atoms with Gasteiger partial charge in [-0.1, -0.05) is 49.3 Å². The van der Waals surface area contributed by atoms with E-state index in [4.69, 9.17) is 5.73 Å². The van der Waals surface area contributed by atoms with Crippen LogP contribution < -0.4 is 5.73 Å². The number of halogens is 3. The van der Waals surface area contributed by atoms with E-state index >= 15 is 0 Å². The van der Waals surface area contributed by atoms with Crippen LogP contribution in [-0.2, 0) is 9.53 Å². The van der Waals surface area contributed by atoms with Crippen LogP contribution in [0.15, 0.2) is 48.3 Å². The Balaban J connectivity index is 1.66. The van der Waals surface area contributed by atoms with Crippen molar-refractivity contribution >= 4 is 5.91 Å². The maximum absolute atomic E-state index is 12.9. The standard InChI is InChI=1S/C24H31F3N2O2/c25-24(26,27)31-19-10-7-14-23(16-19,21(28)30)17-22(12-3-1-4-13-22)20-11-6-9-18-8-2-5-15-29(18)20/h1,3-4,7,10,12,14,18,20H,2,5-6,8-9,11,13,15-17H2,(H2,28,30). The molecular weight excluding hydrogens is 405 g/mol. The highest BCUT2D eigenvalue weighted by molar-refractivity contribution is 5.84. The van der Waals surface area contributed by atoms with Gasteiger partial charge in [0.15, 0.2) is 0 Å². The molecule has 0 aromatic carbocycles. The zero-order chi connectivity index (χ0) is 22.1. The molecule has 4 nitrogen and oxygen atoms in total. The molecule has 2 heterocycles. The number of ether oxygens (including phenoxy) is 1. The van der Waals surface area contributed by atoms with Crippen LogP contribution in [0.2, 0.25) is 0 Å². The van der Waals surface area contributed by atoms with Gasteiger partial charge in [0.2, 0.25) is 5.91 Å². The Morgan fingerprint density at radius 2 is 1.94 bits per heavy atom. The molecule has 4 atom stereocenters. The quantitative estimate of drug-likeness (QED) is 0.649. The number of nitrogens with two attached hydrogens (primary N) is 1. The van der Waals surface area contributed by atoms with E-state index in [1.54, 1.807) is 6.08 Å². The number of primary amides is 1. The van der Waals surface area contributed by atoms with Gasteiger partial charge in [-0.15, -0.1) is 13.2 Å². The van der Waals surface area contributed by atoms with Crippen LogP contribution in [0.5, 0.6) is 0 Å². The molecule has 4 unspecified atom stereocenters. The topological polar surface area (TPSA) is 55.6 Å². The van der Waals surface area contributed by atoms with Crippen molar-refractivity contribution in [2.24, 2.45) is 16.6 Å². The zero-order valence-corrected chi connectivity index (χ0v) is 17.7. The first-order chi connectivity index (χ1) is 14.7. The summed E-state index contributed by atoms with van der Waals surface area (Å²) in [7, 11) is 0. The van der Waals surface area contributed by atoms with E-state index in [0.717, 1.165) is 32.2 Å². The molecule has 2 saturated heterocycles. The summed E-state index contributed by atoms with van der Waals surface area (Å²) >= 11 is 0. The summed E-state index contributed by atoms with van der Waals surface area (Å²) in [5.74, 6) is -0.868. The molecule has 0 aromatic heterocycles. The van der Waals surface area contributed by atoms with Crippen molar-refractivity contribution in [1.82, 2.24) is 4.90 Å². The minimum Gasteiger partial charge on any atom is -0.410 e. The molecule has 4 aliphatic rings. The highest BCUT2D eigenvalue weighted by atomic mass is 19.4. The van der Waals surface area contributed by atoms with Gasteiger partial charge in [0.05, 0.1) is 5.41 Å². The molecule has 2 fully saturated rings. The minimum atomic E-state index is -4.80. The number of nitrogens with zero attached hydrogens (tertiary/aromatic N) is 1. The highest BCUT2D eigenvalue weighted by Crippen LogP contribution is 2.52. The molecule has 0 aromatic rings. The molecule has 4 rings (SSSR count). The van der Waals surface area contributed by atoms with Crippen LogP contribution in [0.1, 0.15) is 57.8 Å². The van der Waals surface area contributed by atoms with Crippen molar-refractivity contribution in [2.75, 3.05) is 6.54 Å². The van der Waals surface area contributed by atoms with Crippen molar-refractivity contribution in [1.29, 1.82) is 0 Å². The number of hydrogen-bond donors (Lipinski definition) is 1. The number of fused-ring (bicyclic) bond motifs is 1. The molecule has 0 saturated carbocycles. The Morgan fingerprint density at radius 1 is 1.13 bits per heavy atom. The Morgan fingerprint density at radius 3 is 2.65 bits per heavy atom. The lowest BCUT2D eigenvalue weighted by Gasteiger charge is -2.54. The summed E-state index contributed by atoms with van der Waals surface area (Å²) in [5.41, 5.74) is 4.28. The van der Waals surface area contributed by atoms with E-state index in [9.17, 15) is 18.0 Å². The van der Waals surface area contributed by atoms with Crippen LogP contribution in [0.3, 0.4) is 0 Å². The number of alkyl halides is 3. The first kappa shape index (κ1) is 22.2. The van der Waals surface area contributed by atoms with Crippen molar-refractivity contribution in [2.45, 2.75) is 76.2 Å². The van der Waals surface area contributed by atoms with Crippen LogP contribution in [-0.4, -0.2) is 35.8 Å². The van der Waals surface area contributed by atoms with Gasteiger partial charge < -0.3 is 10.5 Å². The molecule has 2 aliphatic carbocycles. The lowest BCUT2D eigenvalue weighted by Crippen LogP contribution is -2.57. The molecule has 0 radical (unpaired) electrons. The molecule has 31 heavy (non-hydrogen) atoms. The summed E-state index contributed by atoms with van der Waals surface area (Å²) in [6.45, 7) is 1.04. The van der Waals surface area contributed by atoms with E-state index in [1.165, 1.54) is 31.4 Å². The first-order valence-corrected chi connectivity index (χ1v) is 11.3. The zero-order valence-electron chi connectivity index (χ0n) is 17.7. The fourth-order valence-electron chi connectivity index (χ4n) is 6.20. The number of amides is 1. The van der Waals surface area contributed by atoms with Crippen molar-refractivity contribution in [3.05, 3.63) is 48.3 Å². The van der Waals surface area contributed by atoms with Gasteiger partial charge in [-0.25, -0.2) is 0 Å². The number of carbonyl (C=O) groups excluding carboxylic acids is 1. The van der Waals surface area contributed by atoms with Crippen molar-refractivity contribution in [3.63, 3.8) is 0 Å². The Hall–Kier alpha value is -2.02. The molecule has 2 aliphatic heterocycles. The van der Waals surface area contributed by atoms with Gasteiger partial charge in [0.25, 0.3) is 0 Å². The van der Waals surface area contributed by atoms with E-state index in [0.29, 0.717) is 12.5 Å². The molecule has 0 spiro atoms. The van der Waals surface area contributed by atoms with E-state index in [-0.39, 0.29) is 23.6 Å². The van der Waals surface area contributed by atoms with E-state index in [2.05, 4.69) is 21.8 Å². The summed E-state index contributed by atoms with van der Waals surface area (Å²) in [4.78, 5) is 15.3. The third-order valence-corrected chi connectivity index (χ3v) is 7.49. The van der Waals surface area contributed by atoms with Gasteiger partial charge in [-0.3, -0.25) is 9.69 Å². The van der Waals surface area contributed by atoms with Gasteiger partial charge >= 0.3 is 6.36 Å². The average molecular weight is 437 g/mol.